The van der Waals surface area contributed by atoms with Crippen molar-refractivity contribution in [3.63, 3.8) is 0 Å². The maximum absolute atomic E-state index is 5.42. The summed E-state index contributed by atoms with van der Waals surface area (Å²) in [5, 5.41) is 3.66. The minimum Gasteiger partial charge on any atom is -0.493 e. The predicted octanol–water partition coefficient (Wildman–Crippen LogP) is 2.36. The number of nitrogens with zero attached hydrogens (tertiary/aromatic N) is 1. The SMILES string of the molecule is COc1cc(NC2CCN3CCCC23)cc(OC)c1OC. The van der Waals surface area contributed by atoms with Gasteiger partial charge in [0.2, 0.25) is 5.75 Å². The highest BCUT2D eigenvalue weighted by Crippen LogP contribution is 2.41. The number of hydrogen-bond acceptors (Lipinski definition) is 5. The van der Waals surface area contributed by atoms with E-state index in [2.05, 4.69) is 10.2 Å². The number of methoxy groups -OCH3 is 3. The van der Waals surface area contributed by atoms with Crippen LogP contribution >= 0.6 is 0 Å². The average molecular weight is 292 g/mol. The highest BCUT2D eigenvalue weighted by atomic mass is 16.5. The molecule has 1 N–H and O–H groups in total. The van der Waals surface area contributed by atoms with Crippen LogP contribution in [0.3, 0.4) is 0 Å². The quantitative estimate of drug-likeness (QED) is 0.902. The molecule has 2 heterocycles. The fourth-order valence-electron chi connectivity index (χ4n) is 3.63. The summed E-state index contributed by atoms with van der Waals surface area (Å²) in [4.78, 5) is 2.59. The van der Waals surface area contributed by atoms with Crippen molar-refractivity contribution in [1.82, 2.24) is 4.90 Å². The molecular weight excluding hydrogens is 268 g/mol. The van der Waals surface area contributed by atoms with E-state index in [1.54, 1.807) is 21.3 Å². The molecule has 3 rings (SSSR count). The van der Waals surface area contributed by atoms with E-state index >= 15 is 0 Å². The molecule has 2 saturated heterocycles. The van der Waals surface area contributed by atoms with Crippen molar-refractivity contribution < 1.29 is 14.2 Å². The van der Waals surface area contributed by atoms with Crippen LogP contribution in [0.5, 0.6) is 17.2 Å². The smallest absolute Gasteiger partial charge is 0.203 e. The lowest BCUT2D eigenvalue weighted by molar-refractivity contribution is 0.317. The van der Waals surface area contributed by atoms with Crippen LogP contribution < -0.4 is 19.5 Å². The summed E-state index contributed by atoms with van der Waals surface area (Å²) in [7, 11) is 4.92. The highest BCUT2D eigenvalue weighted by molar-refractivity contribution is 5.63. The number of nitrogens with one attached hydrogen (secondary N) is 1. The van der Waals surface area contributed by atoms with Crippen LogP contribution in [0.25, 0.3) is 0 Å². The van der Waals surface area contributed by atoms with Crippen molar-refractivity contribution in [2.75, 3.05) is 39.7 Å². The van der Waals surface area contributed by atoms with E-state index in [4.69, 9.17) is 14.2 Å². The van der Waals surface area contributed by atoms with Crippen LogP contribution in [0.15, 0.2) is 12.1 Å². The van der Waals surface area contributed by atoms with Crippen molar-refractivity contribution in [1.29, 1.82) is 0 Å². The molecule has 1 aromatic rings. The topological polar surface area (TPSA) is 43.0 Å². The maximum atomic E-state index is 5.42. The molecular formula is C16H24N2O3. The predicted molar refractivity (Wildman–Crippen MR) is 82.7 cm³/mol. The van der Waals surface area contributed by atoms with E-state index in [9.17, 15) is 0 Å². The lowest BCUT2D eigenvalue weighted by atomic mass is 10.1. The van der Waals surface area contributed by atoms with Gasteiger partial charge in [-0.2, -0.15) is 0 Å². The van der Waals surface area contributed by atoms with Gasteiger partial charge in [0.25, 0.3) is 0 Å². The molecule has 0 aliphatic carbocycles. The second kappa shape index (κ2) is 6.02. The molecule has 2 atom stereocenters. The second-order valence-electron chi connectivity index (χ2n) is 5.70. The van der Waals surface area contributed by atoms with Gasteiger partial charge >= 0.3 is 0 Å². The number of fused-ring (bicyclic) bond motifs is 1. The Morgan fingerprint density at radius 1 is 1.00 bits per heavy atom. The van der Waals surface area contributed by atoms with E-state index in [0.29, 0.717) is 29.3 Å². The minimum absolute atomic E-state index is 0.510. The summed E-state index contributed by atoms with van der Waals surface area (Å²) in [6.45, 7) is 2.45. The van der Waals surface area contributed by atoms with Gasteiger partial charge in [0.15, 0.2) is 11.5 Å². The number of benzene rings is 1. The molecule has 2 aliphatic heterocycles. The Hall–Kier alpha value is -1.62. The first-order valence-electron chi connectivity index (χ1n) is 7.57. The Labute approximate surface area is 126 Å². The fourth-order valence-corrected chi connectivity index (χ4v) is 3.63. The lowest BCUT2D eigenvalue weighted by Crippen LogP contribution is -2.33. The summed E-state index contributed by atoms with van der Waals surface area (Å²) < 4.78 is 16.2. The summed E-state index contributed by atoms with van der Waals surface area (Å²) in [6, 6.07) is 5.15. The van der Waals surface area contributed by atoms with Crippen LogP contribution in [0.4, 0.5) is 5.69 Å². The van der Waals surface area contributed by atoms with E-state index in [-0.39, 0.29) is 0 Å². The molecule has 5 nitrogen and oxygen atoms in total. The molecule has 116 valence electrons. The minimum atomic E-state index is 0.510. The number of anilines is 1. The Morgan fingerprint density at radius 3 is 2.33 bits per heavy atom. The van der Waals surface area contributed by atoms with Crippen molar-refractivity contribution in [2.45, 2.75) is 31.3 Å². The van der Waals surface area contributed by atoms with E-state index in [1.807, 2.05) is 12.1 Å². The van der Waals surface area contributed by atoms with Gasteiger partial charge in [0, 0.05) is 36.4 Å². The van der Waals surface area contributed by atoms with Crippen LogP contribution in [0, 0.1) is 0 Å². The summed E-state index contributed by atoms with van der Waals surface area (Å²) >= 11 is 0. The van der Waals surface area contributed by atoms with Gasteiger partial charge in [0.1, 0.15) is 0 Å². The van der Waals surface area contributed by atoms with Gasteiger partial charge in [-0.05, 0) is 25.8 Å². The molecule has 0 bridgehead atoms. The Kier molecular flexibility index (Phi) is 4.10. The zero-order valence-corrected chi connectivity index (χ0v) is 13.0. The van der Waals surface area contributed by atoms with Gasteiger partial charge in [-0.15, -0.1) is 0 Å². The number of hydrogen-bond donors (Lipinski definition) is 1. The van der Waals surface area contributed by atoms with Crippen LogP contribution in [-0.4, -0.2) is 51.4 Å². The third kappa shape index (κ3) is 2.62. The van der Waals surface area contributed by atoms with Crippen molar-refractivity contribution >= 4 is 5.69 Å². The molecule has 0 amide bonds. The Balaban J connectivity index is 1.82. The zero-order chi connectivity index (χ0) is 14.8. The van der Waals surface area contributed by atoms with E-state index in [0.717, 1.165) is 5.69 Å². The van der Waals surface area contributed by atoms with Gasteiger partial charge in [-0.1, -0.05) is 0 Å². The molecule has 0 saturated carbocycles. The third-order valence-electron chi connectivity index (χ3n) is 4.62. The normalized spacial score (nSPS) is 24.7. The van der Waals surface area contributed by atoms with Crippen LogP contribution in [0.1, 0.15) is 19.3 Å². The molecule has 0 spiro atoms. The summed E-state index contributed by atoms with van der Waals surface area (Å²) in [5.74, 6) is 2.03. The van der Waals surface area contributed by atoms with E-state index < -0.39 is 0 Å². The first-order chi connectivity index (χ1) is 10.3. The van der Waals surface area contributed by atoms with Crippen molar-refractivity contribution in [3.05, 3.63) is 12.1 Å². The molecule has 2 unspecified atom stereocenters. The Bertz CT molecular complexity index is 481. The number of rotatable bonds is 5. The first-order valence-corrected chi connectivity index (χ1v) is 7.57. The molecule has 0 radical (unpaired) electrons. The molecule has 0 aromatic heterocycles. The Morgan fingerprint density at radius 2 is 1.71 bits per heavy atom. The van der Waals surface area contributed by atoms with Gasteiger partial charge < -0.3 is 19.5 Å². The fraction of sp³-hybridized carbons (Fsp3) is 0.625. The molecule has 2 fully saturated rings. The van der Waals surface area contributed by atoms with Crippen molar-refractivity contribution in [2.24, 2.45) is 0 Å². The first kappa shape index (κ1) is 14.3. The monoisotopic (exact) mass is 292 g/mol. The summed E-state index contributed by atoms with van der Waals surface area (Å²) in [6.07, 6.45) is 3.81. The maximum Gasteiger partial charge on any atom is 0.203 e. The van der Waals surface area contributed by atoms with Crippen LogP contribution in [0.2, 0.25) is 0 Å². The standard InChI is InChI=1S/C16H24N2O3/c1-19-14-9-11(10-15(20-2)16(14)21-3)17-12-6-8-18-7-4-5-13(12)18/h9-10,12-13,17H,4-8H2,1-3H3. The van der Waals surface area contributed by atoms with Gasteiger partial charge in [-0.3, -0.25) is 4.90 Å². The molecule has 1 aromatic carbocycles. The molecule has 21 heavy (non-hydrogen) atoms. The zero-order valence-electron chi connectivity index (χ0n) is 13.0. The van der Waals surface area contributed by atoms with Gasteiger partial charge in [-0.25, -0.2) is 0 Å². The average Bonchev–Trinajstić information content (AvgIpc) is 3.11. The van der Waals surface area contributed by atoms with Crippen LogP contribution in [-0.2, 0) is 0 Å². The molecule has 2 aliphatic rings. The molecule has 5 heteroatoms. The largest absolute Gasteiger partial charge is 0.493 e. The highest BCUT2D eigenvalue weighted by Gasteiger charge is 2.37. The second-order valence-corrected chi connectivity index (χ2v) is 5.70. The van der Waals surface area contributed by atoms with Gasteiger partial charge in [0.05, 0.1) is 21.3 Å². The summed E-state index contributed by atoms with van der Waals surface area (Å²) in [5.41, 5.74) is 1.03. The number of ether oxygens (including phenoxy) is 3. The van der Waals surface area contributed by atoms with Crippen molar-refractivity contribution in [3.8, 4) is 17.2 Å². The lowest BCUT2D eigenvalue weighted by Gasteiger charge is -2.23. The van der Waals surface area contributed by atoms with E-state index in [1.165, 1.54) is 32.4 Å². The third-order valence-corrected chi connectivity index (χ3v) is 4.62.